The molecule has 0 bridgehead atoms. The van der Waals surface area contributed by atoms with Crippen LogP contribution in [0, 0.1) is 18.8 Å². The van der Waals surface area contributed by atoms with E-state index in [-0.39, 0.29) is 23.3 Å². The molecule has 1 saturated heterocycles. The standard InChI is InChI=1S/C33H29F3N6O3S/c1-20(2)27-16-5-21(3)17-28(27)42-29(43)18-46-32(42)39-31(44)38-22(4)6-7-23-8-10-24(11-9-23)30-37-19-41(40-30)25-12-14-26(15-13-25)45-33(34,35)36/h5,8-17,19-20,22H,18H2,1-4H3,(H,38,44). The van der Waals surface area contributed by atoms with Gasteiger partial charge in [0, 0.05) is 11.1 Å². The van der Waals surface area contributed by atoms with Crippen molar-refractivity contribution in [1.29, 1.82) is 0 Å². The lowest BCUT2D eigenvalue weighted by Crippen LogP contribution is -2.34. The summed E-state index contributed by atoms with van der Waals surface area (Å²) in [6.45, 7) is 7.79. The number of ether oxygens (including phenoxy) is 1. The fourth-order valence-corrected chi connectivity index (χ4v) is 5.43. The fourth-order valence-electron chi connectivity index (χ4n) is 4.57. The van der Waals surface area contributed by atoms with Crippen molar-refractivity contribution in [2.45, 2.75) is 46.0 Å². The highest BCUT2D eigenvalue weighted by Crippen LogP contribution is 2.34. The topological polar surface area (TPSA) is 102 Å². The number of nitrogens with one attached hydrogen (secondary N) is 1. The van der Waals surface area contributed by atoms with Crippen LogP contribution in [0.4, 0.5) is 23.7 Å². The van der Waals surface area contributed by atoms with Gasteiger partial charge in [0.1, 0.15) is 12.1 Å². The molecule has 1 aromatic heterocycles. The molecule has 0 spiro atoms. The third-order valence-electron chi connectivity index (χ3n) is 6.75. The van der Waals surface area contributed by atoms with Crippen LogP contribution >= 0.6 is 11.8 Å². The maximum atomic E-state index is 12.8. The van der Waals surface area contributed by atoms with Crippen molar-refractivity contribution >= 4 is 34.6 Å². The number of urea groups is 1. The summed E-state index contributed by atoms with van der Waals surface area (Å²) in [4.78, 5) is 35.6. The second kappa shape index (κ2) is 13.5. The van der Waals surface area contributed by atoms with Crippen LogP contribution in [0.1, 0.15) is 43.4 Å². The summed E-state index contributed by atoms with van der Waals surface area (Å²) >= 11 is 1.22. The highest BCUT2D eigenvalue weighted by atomic mass is 32.2. The molecule has 5 rings (SSSR count). The number of nitrogens with zero attached hydrogens (tertiary/aromatic N) is 5. The van der Waals surface area contributed by atoms with Gasteiger partial charge >= 0.3 is 12.4 Å². The Morgan fingerprint density at radius 1 is 1.07 bits per heavy atom. The monoisotopic (exact) mass is 646 g/mol. The van der Waals surface area contributed by atoms with Crippen molar-refractivity contribution < 1.29 is 27.5 Å². The lowest BCUT2D eigenvalue weighted by Gasteiger charge is -2.22. The molecule has 1 unspecified atom stereocenters. The number of carbonyl (C=O) groups is 2. The Balaban J connectivity index is 1.21. The predicted molar refractivity (Wildman–Crippen MR) is 171 cm³/mol. The molecule has 1 aliphatic heterocycles. The zero-order valence-electron chi connectivity index (χ0n) is 25.3. The molecule has 46 heavy (non-hydrogen) atoms. The number of benzene rings is 3. The van der Waals surface area contributed by atoms with Crippen LogP contribution in [0.25, 0.3) is 17.1 Å². The Labute approximate surface area is 267 Å². The predicted octanol–water partition coefficient (Wildman–Crippen LogP) is 6.85. The van der Waals surface area contributed by atoms with E-state index in [9.17, 15) is 22.8 Å². The van der Waals surface area contributed by atoms with Crippen LogP contribution in [-0.2, 0) is 4.79 Å². The van der Waals surface area contributed by atoms with Crippen molar-refractivity contribution in [2.24, 2.45) is 4.99 Å². The Morgan fingerprint density at radius 2 is 1.78 bits per heavy atom. The second-order valence-electron chi connectivity index (χ2n) is 10.7. The minimum absolute atomic E-state index is 0.129. The van der Waals surface area contributed by atoms with E-state index in [2.05, 4.69) is 50.8 Å². The smallest absolute Gasteiger partial charge is 0.406 e. The van der Waals surface area contributed by atoms with E-state index in [0.717, 1.165) is 16.8 Å². The number of aromatic nitrogens is 3. The minimum atomic E-state index is -4.76. The van der Waals surface area contributed by atoms with E-state index in [1.54, 1.807) is 31.2 Å². The van der Waals surface area contributed by atoms with Crippen LogP contribution in [0.2, 0.25) is 0 Å². The molecule has 0 saturated carbocycles. The van der Waals surface area contributed by atoms with E-state index < -0.39 is 18.4 Å². The first kappa shape index (κ1) is 32.3. The summed E-state index contributed by atoms with van der Waals surface area (Å²) in [5.41, 5.74) is 4.65. The Kier molecular flexibility index (Phi) is 9.48. The van der Waals surface area contributed by atoms with Crippen LogP contribution in [-0.4, -0.2) is 50.0 Å². The van der Waals surface area contributed by atoms with Crippen LogP contribution in [0.15, 0.2) is 78.0 Å². The van der Waals surface area contributed by atoms with Crippen molar-refractivity contribution in [3.8, 4) is 34.7 Å². The van der Waals surface area contributed by atoms with Gasteiger partial charge in [-0.3, -0.25) is 9.69 Å². The van der Waals surface area contributed by atoms with E-state index in [1.807, 2.05) is 25.1 Å². The molecule has 236 valence electrons. The van der Waals surface area contributed by atoms with E-state index in [1.165, 1.54) is 51.9 Å². The fraction of sp³-hybridized carbons (Fsp3) is 0.242. The molecule has 0 aliphatic carbocycles. The van der Waals surface area contributed by atoms with Crippen LogP contribution in [0.3, 0.4) is 0 Å². The molecule has 2 heterocycles. The first-order chi connectivity index (χ1) is 21.9. The highest BCUT2D eigenvalue weighted by molar-refractivity contribution is 8.15. The maximum Gasteiger partial charge on any atom is 0.573 e. The van der Waals surface area contributed by atoms with Crippen molar-refractivity contribution in [3.05, 3.63) is 89.7 Å². The molecule has 4 aromatic rings. The maximum absolute atomic E-state index is 12.8. The number of amides is 3. The van der Waals surface area contributed by atoms with Crippen molar-refractivity contribution in [2.75, 3.05) is 10.7 Å². The molecule has 13 heteroatoms. The number of carbonyl (C=O) groups excluding carboxylic acids is 2. The number of hydrogen-bond donors (Lipinski definition) is 1. The van der Waals surface area contributed by atoms with Gasteiger partial charge in [0.25, 0.3) is 0 Å². The molecular weight excluding hydrogens is 617 g/mol. The summed E-state index contributed by atoms with van der Waals surface area (Å²) in [6.07, 6.45) is -3.31. The minimum Gasteiger partial charge on any atom is -0.406 e. The van der Waals surface area contributed by atoms with Gasteiger partial charge in [-0.25, -0.2) is 14.5 Å². The number of rotatable bonds is 6. The SMILES string of the molecule is Cc1ccc(C(C)C)c(N2C(=O)CSC2=NC(=O)NC(C)C#Cc2ccc(-c3ncn(-c4ccc(OC(F)(F)F)cc4)n3)cc2)c1. The highest BCUT2D eigenvalue weighted by Gasteiger charge is 2.33. The van der Waals surface area contributed by atoms with Crippen LogP contribution in [0.5, 0.6) is 5.75 Å². The van der Waals surface area contributed by atoms with Gasteiger partial charge in [-0.05, 0) is 85.5 Å². The molecule has 3 amide bonds. The molecular formula is C33H29F3N6O3S. The number of amidine groups is 1. The lowest BCUT2D eigenvalue weighted by molar-refractivity contribution is -0.274. The number of thioether (sulfide) groups is 1. The quantitative estimate of drug-likeness (QED) is 0.230. The summed E-state index contributed by atoms with van der Waals surface area (Å²) in [7, 11) is 0. The number of aliphatic imine (C=N–C) groups is 1. The molecule has 1 aliphatic rings. The number of alkyl halides is 3. The summed E-state index contributed by atoms with van der Waals surface area (Å²) in [5, 5.41) is 7.47. The van der Waals surface area contributed by atoms with Crippen LogP contribution < -0.4 is 15.0 Å². The average molecular weight is 647 g/mol. The van der Waals surface area contributed by atoms with Gasteiger partial charge in [0.15, 0.2) is 11.0 Å². The zero-order valence-corrected chi connectivity index (χ0v) is 26.1. The third-order valence-corrected chi connectivity index (χ3v) is 7.68. The summed E-state index contributed by atoms with van der Waals surface area (Å²) in [6, 6.07) is 17.3. The number of aryl methyl sites for hydroxylation is 1. The van der Waals surface area contributed by atoms with Gasteiger partial charge in [0.05, 0.1) is 23.2 Å². The molecule has 3 aromatic carbocycles. The molecule has 1 atom stereocenters. The molecule has 1 fully saturated rings. The molecule has 1 N–H and O–H groups in total. The lowest BCUT2D eigenvalue weighted by atomic mass is 9.99. The largest absolute Gasteiger partial charge is 0.573 e. The van der Waals surface area contributed by atoms with E-state index >= 15 is 0 Å². The number of anilines is 1. The first-order valence-electron chi connectivity index (χ1n) is 14.2. The van der Waals surface area contributed by atoms with Crippen molar-refractivity contribution in [1.82, 2.24) is 20.1 Å². The Hall–Kier alpha value is -5.09. The summed E-state index contributed by atoms with van der Waals surface area (Å²) < 4.78 is 42.6. The Morgan fingerprint density at radius 3 is 2.46 bits per heavy atom. The third kappa shape index (κ3) is 7.94. The van der Waals surface area contributed by atoms with Gasteiger partial charge in [-0.15, -0.1) is 18.3 Å². The van der Waals surface area contributed by atoms with Gasteiger partial charge in [0.2, 0.25) is 5.91 Å². The summed E-state index contributed by atoms with van der Waals surface area (Å²) in [5.74, 6) is 6.35. The number of hydrogen-bond acceptors (Lipinski definition) is 6. The van der Waals surface area contributed by atoms with Gasteiger partial charge in [-0.1, -0.05) is 49.6 Å². The normalized spacial score (nSPS) is 14.7. The van der Waals surface area contributed by atoms with E-state index in [4.69, 9.17) is 0 Å². The first-order valence-corrected chi connectivity index (χ1v) is 15.2. The average Bonchev–Trinajstić information content (AvgIpc) is 3.63. The Bertz CT molecular complexity index is 1840. The zero-order chi connectivity index (χ0) is 33.0. The van der Waals surface area contributed by atoms with Crippen molar-refractivity contribution in [3.63, 3.8) is 0 Å². The molecule has 9 nitrogen and oxygen atoms in total. The second-order valence-corrected chi connectivity index (χ2v) is 11.6. The van der Waals surface area contributed by atoms with Gasteiger partial charge in [-0.2, -0.15) is 4.99 Å². The number of halogens is 3. The molecule has 0 radical (unpaired) electrons. The van der Waals surface area contributed by atoms with Gasteiger partial charge < -0.3 is 10.1 Å². The van der Waals surface area contributed by atoms with E-state index in [0.29, 0.717) is 27.8 Å².